The number of hydrogen-bond acceptors (Lipinski definition) is 2. The summed E-state index contributed by atoms with van der Waals surface area (Å²) in [5.41, 5.74) is 12.3. The van der Waals surface area contributed by atoms with Crippen LogP contribution in [0.15, 0.2) is 30.3 Å². The molecule has 0 heterocycles. The summed E-state index contributed by atoms with van der Waals surface area (Å²) >= 11 is 0. The molecule has 19 heavy (non-hydrogen) atoms. The van der Waals surface area contributed by atoms with Crippen LogP contribution < -0.4 is 5.73 Å². The summed E-state index contributed by atoms with van der Waals surface area (Å²) in [5, 5.41) is 0. The second kappa shape index (κ2) is 3.95. The van der Waals surface area contributed by atoms with Crippen molar-refractivity contribution in [3.8, 4) is 11.1 Å². The van der Waals surface area contributed by atoms with E-state index >= 15 is 0 Å². The van der Waals surface area contributed by atoms with Crippen LogP contribution in [-0.2, 0) is 0 Å². The first kappa shape index (κ1) is 12.0. The van der Waals surface area contributed by atoms with Gasteiger partial charge >= 0.3 is 0 Å². The summed E-state index contributed by atoms with van der Waals surface area (Å²) in [6.45, 7) is 6.27. The minimum atomic E-state index is 0.0602. The van der Waals surface area contributed by atoms with Gasteiger partial charge in [0, 0.05) is 11.3 Å². The molecule has 2 nitrogen and oxygen atoms in total. The van der Waals surface area contributed by atoms with Gasteiger partial charge in [-0.2, -0.15) is 0 Å². The summed E-state index contributed by atoms with van der Waals surface area (Å²) in [4.78, 5) is 12.5. The number of hydrogen-bond donors (Lipinski definition) is 1. The van der Waals surface area contributed by atoms with Crippen molar-refractivity contribution < 1.29 is 4.79 Å². The number of nitrogens with two attached hydrogens (primary N) is 1. The standard InChI is InChI=1S/C17H17NO/c1-9(2)11-4-5-12-13-6-10(3)7-15(18)16(13)17(19)14(12)8-11/h4-9H,18H2,1-3H3. The van der Waals surface area contributed by atoms with Gasteiger partial charge in [-0.15, -0.1) is 0 Å². The minimum Gasteiger partial charge on any atom is -0.398 e. The third kappa shape index (κ3) is 1.67. The molecule has 0 amide bonds. The molecule has 2 aromatic carbocycles. The average Bonchev–Trinajstić information content (AvgIpc) is 2.62. The van der Waals surface area contributed by atoms with Crippen molar-refractivity contribution in [3.63, 3.8) is 0 Å². The molecule has 0 fully saturated rings. The van der Waals surface area contributed by atoms with Crippen molar-refractivity contribution >= 4 is 11.5 Å². The van der Waals surface area contributed by atoms with Gasteiger partial charge in [-0.05, 0) is 47.2 Å². The number of nitrogen functional groups attached to an aromatic ring is 1. The first-order valence-corrected chi connectivity index (χ1v) is 6.58. The maximum atomic E-state index is 12.5. The quantitative estimate of drug-likeness (QED) is 0.666. The molecule has 0 unspecified atom stereocenters. The van der Waals surface area contributed by atoms with E-state index in [1.807, 2.05) is 31.2 Å². The first-order valence-electron chi connectivity index (χ1n) is 6.58. The molecule has 0 spiro atoms. The van der Waals surface area contributed by atoms with Crippen molar-refractivity contribution in [3.05, 3.63) is 52.6 Å². The molecule has 2 aromatic rings. The minimum absolute atomic E-state index is 0.0602. The van der Waals surface area contributed by atoms with E-state index in [4.69, 9.17) is 5.73 Å². The fraction of sp³-hybridized carbons (Fsp3) is 0.235. The maximum absolute atomic E-state index is 12.5. The van der Waals surface area contributed by atoms with Gasteiger partial charge in [-0.1, -0.05) is 32.0 Å². The predicted molar refractivity (Wildman–Crippen MR) is 78.5 cm³/mol. The van der Waals surface area contributed by atoms with Crippen LogP contribution in [0, 0.1) is 6.92 Å². The molecular weight excluding hydrogens is 234 g/mol. The second-order valence-electron chi connectivity index (χ2n) is 5.57. The molecule has 0 radical (unpaired) electrons. The predicted octanol–water partition coefficient (Wildman–Crippen LogP) is 3.91. The van der Waals surface area contributed by atoms with E-state index in [0.717, 1.165) is 22.3 Å². The Morgan fingerprint density at radius 1 is 1.00 bits per heavy atom. The van der Waals surface area contributed by atoms with E-state index in [1.54, 1.807) is 0 Å². The number of anilines is 1. The van der Waals surface area contributed by atoms with Gasteiger partial charge in [0.2, 0.25) is 0 Å². The van der Waals surface area contributed by atoms with Gasteiger partial charge in [0.25, 0.3) is 0 Å². The van der Waals surface area contributed by atoms with E-state index in [1.165, 1.54) is 5.56 Å². The molecule has 96 valence electrons. The Labute approximate surface area is 113 Å². The molecule has 1 aliphatic carbocycles. The molecule has 0 bridgehead atoms. The number of fused-ring (bicyclic) bond motifs is 3. The van der Waals surface area contributed by atoms with Crippen molar-refractivity contribution in [1.82, 2.24) is 0 Å². The molecule has 0 aliphatic heterocycles. The SMILES string of the molecule is Cc1cc(N)c2c(c1)-c1ccc(C(C)C)cc1C2=O. The van der Waals surface area contributed by atoms with E-state index in [0.29, 0.717) is 17.2 Å². The third-order valence-corrected chi connectivity index (χ3v) is 3.79. The van der Waals surface area contributed by atoms with Crippen LogP contribution in [0.4, 0.5) is 5.69 Å². The number of ketones is 1. The monoisotopic (exact) mass is 251 g/mol. The lowest BCUT2D eigenvalue weighted by Gasteiger charge is -2.07. The summed E-state index contributed by atoms with van der Waals surface area (Å²) in [7, 11) is 0. The van der Waals surface area contributed by atoms with Crippen LogP contribution in [0.25, 0.3) is 11.1 Å². The van der Waals surface area contributed by atoms with Gasteiger partial charge in [0.1, 0.15) is 0 Å². The van der Waals surface area contributed by atoms with Crippen LogP contribution in [0.1, 0.15) is 46.8 Å². The molecule has 0 saturated heterocycles. The van der Waals surface area contributed by atoms with E-state index < -0.39 is 0 Å². The van der Waals surface area contributed by atoms with E-state index in [9.17, 15) is 4.79 Å². The van der Waals surface area contributed by atoms with Crippen LogP contribution >= 0.6 is 0 Å². The molecule has 3 rings (SSSR count). The van der Waals surface area contributed by atoms with E-state index in [2.05, 4.69) is 19.9 Å². The number of rotatable bonds is 1. The molecule has 2 N–H and O–H groups in total. The highest BCUT2D eigenvalue weighted by molar-refractivity contribution is 6.24. The molecule has 0 saturated carbocycles. The Bertz CT molecular complexity index is 699. The lowest BCUT2D eigenvalue weighted by atomic mass is 9.97. The number of benzene rings is 2. The molecule has 1 aliphatic rings. The zero-order chi connectivity index (χ0) is 13.7. The fourth-order valence-electron chi connectivity index (χ4n) is 2.76. The van der Waals surface area contributed by atoms with Gasteiger partial charge in [0.05, 0.1) is 5.56 Å². The van der Waals surface area contributed by atoms with E-state index in [-0.39, 0.29) is 5.78 Å². The summed E-state index contributed by atoms with van der Waals surface area (Å²) in [6, 6.07) is 10.1. The van der Waals surface area contributed by atoms with Crippen LogP contribution in [-0.4, -0.2) is 5.78 Å². The second-order valence-corrected chi connectivity index (χ2v) is 5.57. The Hall–Kier alpha value is -2.09. The summed E-state index contributed by atoms with van der Waals surface area (Å²) in [5.74, 6) is 0.478. The van der Waals surface area contributed by atoms with Crippen LogP contribution in [0.2, 0.25) is 0 Å². The molecule has 0 atom stereocenters. The number of aryl methyl sites for hydroxylation is 1. The van der Waals surface area contributed by atoms with Crippen molar-refractivity contribution in [2.24, 2.45) is 0 Å². The van der Waals surface area contributed by atoms with Crippen LogP contribution in [0.3, 0.4) is 0 Å². The highest BCUT2D eigenvalue weighted by Gasteiger charge is 2.29. The maximum Gasteiger partial charge on any atom is 0.196 e. The smallest absolute Gasteiger partial charge is 0.196 e. The topological polar surface area (TPSA) is 43.1 Å². The summed E-state index contributed by atoms with van der Waals surface area (Å²) < 4.78 is 0. The Balaban J connectivity index is 2.28. The highest BCUT2D eigenvalue weighted by atomic mass is 16.1. The largest absolute Gasteiger partial charge is 0.398 e. The number of carbonyl (C=O) groups excluding carboxylic acids is 1. The lowest BCUT2D eigenvalue weighted by molar-refractivity contribution is 0.104. The van der Waals surface area contributed by atoms with Crippen molar-refractivity contribution in [2.45, 2.75) is 26.7 Å². The Morgan fingerprint density at radius 3 is 2.42 bits per heavy atom. The Kier molecular flexibility index (Phi) is 2.49. The normalized spacial score (nSPS) is 12.7. The zero-order valence-electron chi connectivity index (χ0n) is 11.4. The van der Waals surface area contributed by atoms with Gasteiger partial charge in [-0.25, -0.2) is 0 Å². The zero-order valence-corrected chi connectivity index (χ0v) is 11.4. The molecule has 0 aromatic heterocycles. The number of carbonyl (C=O) groups is 1. The average molecular weight is 251 g/mol. The van der Waals surface area contributed by atoms with Crippen molar-refractivity contribution in [1.29, 1.82) is 0 Å². The third-order valence-electron chi connectivity index (χ3n) is 3.79. The molecular formula is C17H17NO. The highest BCUT2D eigenvalue weighted by Crippen LogP contribution is 2.41. The van der Waals surface area contributed by atoms with Crippen molar-refractivity contribution in [2.75, 3.05) is 5.73 Å². The van der Waals surface area contributed by atoms with Gasteiger partial charge in [0.15, 0.2) is 5.78 Å². The van der Waals surface area contributed by atoms with Crippen LogP contribution in [0.5, 0.6) is 0 Å². The summed E-state index contributed by atoms with van der Waals surface area (Å²) in [6.07, 6.45) is 0. The lowest BCUT2D eigenvalue weighted by Crippen LogP contribution is -2.01. The molecule has 2 heteroatoms. The van der Waals surface area contributed by atoms with Gasteiger partial charge < -0.3 is 5.73 Å². The fourth-order valence-corrected chi connectivity index (χ4v) is 2.76. The first-order chi connectivity index (χ1) is 8.99. The Morgan fingerprint density at radius 2 is 1.74 bits per heavy atom. The van der Waals surface area contributed by atoms with Gasteiger partial charge in [-0.3, -0.25) is 4.79 Å².